The minimum Gasteiger partial charge on any atom is -0.347 e. The molecular formula is C26H44N6O2S. The molecule has 0 spiro atoms. The van der Waals surface area contributed by atoms with Crippen LogP contribution in [0.5, 0.6) is 0 Å². The van der Waals surface area contributed by atoms with Crippen LogP contribution in [0, 0.1) is 12.8 Å². The number of rotatable bonds is 8. The van der Waals surface area contributed by atoms with Crippen LogP contribution in [0.25, 0.3) is 0 Å². The lowest BCUT2D eigenvalue weighted by Crippen LogP contribution is -2.35. The van der Waals surface area contributed by atoms with Crippen LogP contribution in [-0.2, 0) is 22.6 Å². The highest BCUT2D eigenvalue weighted by atomic mass is 32.1. The molecule has 8 nitrogen and oxygen atoms in total. The van der Waals surface area contributed by atoms with Crippen molar-refractivity contribution in [1.29, 1.82) is 0 Å². The number of aromatic amines is 1. The van der Waals surface area contributed by atoms with Crippen LogP contribution >= 0.6 is 11.3 Å². The lowest BCUT2D eigenvalue weighted by Gasteiger charge is -2.28. The summed E-state index contributed by atoms with van der Waals surface area (Å²) >= 11 is 1.63. The van der Waals surface area contributed by atoms with Gasteiger partial charge in [0.15, 0.2) is 0 Å². The van der Waals surface area contributed by atoms with Crippen LogP contribution in [-0.4, -0.2) is 62.2 Å². The fraction of sp³-hybridized carbons (Fsp3) is 0.692. The Morgan fingerprint density at radius 1 is 1.34 bits per heavy atom. The first kappa shape index (κ1) is 27.3. The molecule has 2 aliphatic rings. The van der Waals surface area contributed by atoms with Crippen molar-refractivity contribution in [2.45, 2.75) is 91.8 Å². The number of aryl methyl sites for hydroxylation is 1. The van der Waals surface area contributed by atoms with Gasteiger partial charge in [-0.05, 0) is 45.1 Å². The van der Waals surface area contributed by atoms with Crippen molar-refractivity contribution in [3.8, 4) is 0 Å². The van der Waals surface area contributed by atoms with Gasteiger partial charge in [-0.15, -0.1) is 11.3 Å². The number of nitrogens with one attached hydrogen (secondary N) is 2. The van der Waals surface area contributed by atoms with Crippen molar-refractivity contribution in [2.75, 3.05) is 19.6 Å². The molecular weight excluding hydrogens is 460 g/mol. The average molecular weight is 505 g/mol. The Morgan fingerprint density at radius 3 is 2.80 bits per heavy atom. The summed E-state index contributed by atoms with van der Waals surface area (Å²) < 4.78 is 0. The second-order valence-electron chi connectivity index (χ2n) is 9.93. The van der Waals surface area contributed by atoms with Gasteiger partial charge < -0.3 is 20.1 Å². The van der Waals surface area contributed by atoms with Gasteiger partial charge in [0.2, 0.25) is 11.8 Å². The zero-order valence-corrected chi connectivity index (χ0v) is 22.8. The summed E-state index contributed by atoms with van der Waals surface area (Å²) in [6.07, 6.45) is 8.84. The Hall–Kier alpha value is -2.26. The second-order valence-corrected chi connectivity index (χ2v) is 10.9. The third-order valence-corrected chi connectivity index (χ3v) is 7.99. The maximum atomic E-state index is 11.4. The first-order chi connectivity index (χ1) is 16.8. The summed E-state index contributed by atoms with van der Waals surface area (Å²) in [6, 6.07) is 0.784. The SMILES string of the molecule is CC(=O)N1CCc2nc(C)[nH]c2C1.CCC(C)CC1CCCN1CC[C@H](NC(C)=O)c1nccs1.[HH]. The standard InChI is InChI=1S/C17H29N3OS.C9H13N3O.H2/c1-4-13(2)12-15-6-5-9-20(15)10-7-16(19-14(3)21)17-18-8-11-22-17;1-6-10-8-3-4-12(7(2)13)5-9(8)11-6;/h8,11,13,15-16H,4-7,9-10,12H2,1-3H3,(H,19,21);3-5H2,1-2H3,(H,10,11);1H/t13?,15?,16-;;/m0../s1. The van der Waals surface area contributed by atoms with E-state index in [9.17, 15) is 9.59 Å². The van der Waals surface area contributed by atoms with Gasteiger partial charge in [-0.1, -0.05) is 20.3 Å². The second kappa shape index (κ2) is 13.2. The number of nitrogens with zero attached hydrogens (tertiary/aromatic N) is 4. The Morgan fingerprint density at radius 2 is 2.14 bits per heavy atom. The van der Waals surface area contributed by atoms with E-state index in [1.165, 1.54) is 32.2 Å². The van der Waals surface area contributed by atoms with E-state index < -0.39 is 0 Å². The summed E-state index contributed by atoms with van der Waals surface area (Å²) in [5.74, 6) is 1.90. The molecule has 0 bridgehead atoms. The van der Waals surface area contributed by atoms with Crippen LogP contribution in [0.1, 0.15) is 89.5 Å². The monoisotopic (exact) mass is 504 g/mol. The number of carbonyl (C=O) groups is 2. The Kier molecular flexibility index (Phi) is 10.3. The van der Waals surface area contributed by atoms with E-state index in [2.05, 4.69) is 39.0 Å². The van der Waals surface area contributed by atoms with Gasteiger partial charge >= 0.3 is 0 Å². The molecule has 9 heteroatoms. The first-order valence-corrected chi connectivity index (χ1v) is 13.8. The van der Waals surface area contributed by atoms with E-state index in [4.69, 9.17) is 0 Å². The zero-order chi connectivity index (χ0) is 25.4. The molecule has 4 heterocycles. The molecule has 2 aliphatic heterocycles. The predicted octanol–water partition coefficient (Wildman–Crippen LogP) is 4.48. The number of amides is 2. The highest BCUT2D eigenvalue weighted by Gasteiger charge is 2.27. The molecule has 2 N–H and O–H groups in total. The Labute approximate surface area is 215 Å². The largest absolute Gasteiger partial charge is 0.347 e. The van der Waals surface area contributed by atoms with Gasteiger partial charge in [0.05, 0.1) is 24.0 Å². The average Bonchev–Trinajstić information content (AvgIpc) is 3.57. The van der Waals surface area contributed by atoms with Crippen LogP contribution in [0.2, 0.25) is 0 Å². The van der Waals surface area contributed by atoms with E-state index in [0.29, 0.717) is 6.54 Å². The fourth-order valence-electron chi connectivity index (χ4n) is 5.00. The van der Waals surface area contributed by atoms with Gasteiger partial charge in [-0.25, -0.2) is 9.97 Å². The van der Waals surface area contributed by atoms with Crippen molar-refractivity contribution in [3.05, 3.63) is 33.8 Å². The lowest BCUT2D eigenvalue weighted by atomic mass is 9.97. The molecule has 2 aromatic rings. The van der Waals surface area contributed by atoms with Gasteiger partial charge in [0.25, 0.3) is 0 Å². The molecule has 1 fully saturated rings. The number of likely N-dealkylation sites (tertiary alicyclic amines) is 1. The topological polar surface area (TPSA) is 94.2 Å². The number of imidazole rings is 1. The first-order valence-electron chi connectivity index (χ1n) is 13.0. The summed E-state index contributed by atoms with van der Waals surface area (Å²) in [4.78, 5) is 38.9. The maximum Gasteiger partial charge on any atom is 0.219 e. The van der Waals surface area contributed by atoms with Crippen LogP contribution < -0.4 is 5.32 Å². The number of H-pyrrole nitrogens is 1. The summed E-state index contributed by atoms with van der Waals surface area (Å²) in [5, 5.41) is 6.05. The van der Waals surface area contributed by atoms with Gasteiger partial charge in [0, 0.05) is 52.4 Å². The molecule has 196 valence electrons. The number of aromatic nitrogens is 3. The van der Waals surface area contributed by atoms with Crippen LogP contribution in [0.15, 0.2) is 11.6 Å². The van der Waals surface area contributed by atoms with Crippen LogP contribution in [0.3, 0.4) is 0 Å². The predicted molar refractivity (Wildman–Crippen MR) is 142 cm³/mol. The summed E-state index contributed by atoms with van der Waals surface area (Å²) in [6.45, 7) is 13.5. The molecule has 0 aliphatic carbocycles. The van der Waals surface area contributed by atoms with Gasteiger partial charge in [-0.2, -0.15) is 0 Å². The molecule has 2 unspecified atom stereocenters. The van der Waals surface area contributed by atoms with Crippen molar-refractivity contribution in [1.82, 2.24) is 30.1 Å². The molecule has 3 atom stereocenters. The molecule has 35 heavy (non-hydrogen) atoms. The number of thiazole rings is 1. The summed E-state index contributed by atoms with van der Waals surface area (Å²) in [7, 11) is 0. The van der Waals surface area contributed by atoms with E-state index in [1.807, 2.05) is 23.4 Å². The normalized spacial score (nSPS) is 19.5. The van der Waals surface area contributed by atoms with E-state index in [1.54, 1.807) is 25.2 Å². The molecule has 2 amide bonds. The smallest absolute Gasteiger partial charge is 0.219 e. The van der Waals surface area contributed by atoms with Crippen molar-refractivity contribution < 1.29 is 11.0 Å². The van der Waals surface area contributed by atoms with E-state index in [0.717, 1.165) is 60.1 Å². The fourth-order valence-corrected chi connectivity index (χ4v) is 5.72. The number of fused-ring (bicyclic) bond motifs is 1. The minimum atomic E-state index is 0. The summed E-state index contributed by atoms with van der Waals surface area (Å²) in [5.41, 5.74) is 2.22. The Balaban J connectivity index is 0.000000278. The molecule has 1 saturated heterocycles. The van der Waals surface area contributed by atoms with Gasteiger partial charge in [0.1, 0.15) is 10.8 Å². The number of carbonyl (C=O) groups excluding carboxylic acids is 2. The van der Waals surface area contributed by atoms with E-state index >= 15 is 0 Å². The quantitative estimate of drug-likeness (QED) is 0.553. The third kappa shape index (κ3) is 8.14. The molecule has 4 rings (SSSR count). The lowest BCUT2D eigenvalue weighted by molar-refractivity contribution is -0.129. The van der Waals surface area contributed by atoms with Crippen LogP contribution in [0.4, 0.5) is 0 Å². The number of hydrogen-bond donors (Lipinski definition) is 2. The Bertz CT molecular complexity index is 950. The highest BCUT2D eigenvalue weighted by Crippen LogP contribution is 2.27. The van der Waals surface area contributed by atoms with Crippen molar-refractivity contribution in [3.63, 3.8) is 0 Å². The minimum absolute atomic E-state index is 0. The number of hydrogen-bond acceptors (Lipinski definition) is 6. The molecule has 0 radical (unpaired) electrons. The maximum absolute atomic E-state index is 11.4. The van der Waals surface area contributed by atoms with E-state index in [-0.39, 0.29) is 19.3 Å². The third-order valence-electron chi connectivity index (χ3n) is 7.10. The molecule has 0 aromatic carbocycles. The highest BCUT2D eigenvalue weighted by molar-refractivity contribution is 7.09. The zero-order valence-electron chi connectivity index (χ0n) is 22.0. The van der Waals surface area contributed by atoms with Gasteiger partial charge in [-0.3, -0.25) is 9.59 Å². The van der Waals surface area contributed by atoms with Crippen molar-refractivity contribution >= 4 is 23.2 Å². The molecule has 0 saturated carbocycles. The molecule has 2 aromatic heterocycles. The van der Waals surface area contributed by atoms with Crippen molar-refractivity contribution in [2.24, 2.45) is 5.92 Å².